The van der Waals surface area contributed by atoms with Gasteiger partial charge in [0.2, 0.25) is 0 Å². The maximum atomic E-state index is 14.3. The summed E-state index contributed by atoms with van der Waals surface area (Å²) in [6, 6.07) is 13.0. The Morgan fingerprint density at radius 1 is 0.822 bits per heavy atom. The molecule has 2 aromatic carbocycles. The number of hydrogen-bond donors (Lipinski definition) is 0. The Morgan fingerprint density at radius 2 is 1.27 bits per heavy atom. The van der Waals surface area contributed by atoms with Gasteiger partial charge in [0, 0.05) is 31.8 Å². The molecule has 0 unspecified atom stereocenters. The summed E-state index contributed by atoms with van der Waals surface area (Å²) in [6.07, 6.45) is -11.3. The molecule has 12 heteroatoms. The number of halogens is 6. The Morgan fingerprint density at radius 3 is 1.67 bits per heavy atom. The maximum absolute atomic E-state index is 14.3. The van der Waals surface area contributed by atoms with Crippen molar-refractivity contribution >= 4 is 11.9 Å². The van der Waals surface area contributed by atoms with Gasteiger partial charge in [-0.3, -0.25) is 0 Å². The lowest BCUT2D eigenvalue weighted by Crippen LogP contribution is -2.53. The number of methoxy groups -OCH3 is 2. The lowest BCUT2D eigenvalue weighted by atomic mass is 9.70. The van der Waals surface area contributed by atoms with Gasteiger partial charge in [0.05, 0.1) is 6.10 Å². The van der Waals surface area contributed by atoms with Crippen molar-refractivity contribution in [2.24, 2.45) is 5.41 Å². The van der Waals surface area contributed by atoms with Crippen LogP contribution in [0.4, 0.5) is 26.3 Å². The van der Waals surface area contributed by atoms with Crippen LogP contribution in [0.25, 0.3) is 0 Å². The van der Waals surface area contributed by atoms with Crippen LogP contribution < -0.4 is 0 Å². The molecule has 0 saturated heterocycles. The minimum Gasteiger partial charge on any atom is -0.460 e. The Hall–Kier alpha value is -3.38. The van der Waals surface area contributed by atoms with Gasteiger partial charge in [-0.2, -0.15) is 26.3 Å². The summed E-state index contributed by atoms with van der Waals surface area (Å²) in [6.45, 7) is 6.90. The van der Waals surface area contributed by atoms with Crippen molar-refractivity contribution in [3.05, 3.63) is 82.9 Å². The molecule has 0 amide bonds. The first-order valence-corrected chi connectivity index (χ1v) is 14.3. The molecule has 0 aromatic heterocycles. The topological polar surface area (TPSA) is 71.1 Å². The molecule has 0 spiro atoms. The fourth-order valence-electron chi connectivity index (χ4n) is 6.12. The lowest BCUT2D eigenvalue weighted by molar-refractivity contribution is -0.279. The molecule has 0 fully saturated rings. The van der Waals surface area contributed by atoms with Gasteiger partial charge in [0.15, 0.2) is 0 Å². The lowest BCUT2D eigenvalue weighted by Gasteiger charge is -2.40. The smallest absolute Gasteiger partial charge is 0.432 e. The number of carbonyl (C=O) groups is 2. The molecule has 45 heavy (non-hydrogen) atoms. The Balaban J connectivity index is 1.76. The monoisotopic (exact) mass is 644 g/mol. The van der Waals surface area contributed by atoms with Crippen LogP contribution in [0, 0.1) is 5.41 Å². The molecule has 248 valence electrons. The van der Waals surface area contributed by atoms with Gasteiger partial charge in [0.1, 0.15) is 6.10 Å². The number of alkyl halides is 6. The summed E-state index contributed by atoms with van der Waals surface area (Å²) in [4.78, 5) is 26.2. The van der Waals surface area contributed by atoms with Gasteiger partial charge in [-0.25, -0.2) is 9.59 Å². The van der Waals surface area contributed by atoms with Gasteiger partial charge in [-0.1, -0.05) is 85.7 Å². The van der Waals surface area contributed by atoms with Gasteiger partial charge in [-0.15, -0.1) is 0 Å². The van der Waals surface area contributed by atoms with E-state index in [-0.39, 0.29) is 19.3 Å². The van der Waals surface area contributed by atoms with Crippen LogP contribution in [-0.2, 0) is 39.7 Å². The van der Waals surface area contributed by atoms with Crippen molar-refractivity contribution in [3.63, 3.8) is 0 Å². The molecular weight excluding hydrogens is 606 g/mol. The van der Waals surface area contributed by atoms with E-state index in [4.69, 9.17) is 18.9 Å². The zero-order valence-electron chi connectivity index (χ0n) is 26.0. The van der Waals surface area contributed by atoms with Gasteiger partial charge in [0.25, 0.3) is 11.2 Å². The predicted molar refractivity (Wildman–Crippen MR) is 153 cm³/mol. The summed E-state index contributed by atoms with van der Waals surface area (Å²) < 4.78 is 106. The Kier molecular flexibility index (Phi) is 10.9. The van der Waals surface area contributed by atoms with E-state index in [1.165, 1.54) is 43.3 Å². The second-order valence-electron chi connectivity index (χ2n) is 11.8. The number of allylic oxidation sites excluding steroid dienone is 1. The molecule has 1 aliphatic carbocycles. The van der Waals surface area contributed by atoms with E-state index in [0.29, 0.717) is 6.42 Å². The molecule has 6 nitrogen and oxygen atoms in total. The number of ether oxygens (including phenoxy) is 4. The van der Waals surface area contributed by atoms with E-state index in [2.05, 4.69) is 0 Å². The molecule has 0 aliphatic heterocycles. The fourth-order valence-corrected chi connectivity index (χ4v) is 6.12. The second kappa shape index (κ2) is 13.5. The normalized spacial score (nSPS) is 20.5. The number of esters is 2. The fraction of sp³-hybridized carbons (Fsp3) is 0.515. The zero-order chi connectivity index (χ0) is 33.8. The molecule has 0 bridgehead atoms. The highest BCUT2D eigenvalue weighted by Gasteiger charge is 2.65. The molecule has 0 radical (unpaired) electrons. The largest absolute Gasteiger partial charge is 0.460 e. The van der Waals surface area contributed by atoms with Crippen LogP contribution in [0.3, 0.4) is 0 Å². The standard InChI is InChI=1S/C33H38F6O6/c1-21-19-25(45-28(41)31(43-6,33(37,38)39)24-15-11-8-12-16-24)20-29(3,4)26(21)18-17-22(2)44-27(40)30(42-5,32(34,35)36)23-13-9-7-10-14-23/h7-16,22,25H,17-20H2,1-6H3/t22-,25-,30-,31-/m1/s1. The van der Waals surface area contributed by atoms with Gasteiger partial charge in [-0.05, 0) is 38.5 Å². The zero-order valence-corrected chi connectivity index (χ0v) is 26.0. The highest BCUT2D eigenvalue weighted by molar-refractivity contribution is 5.83. The third-order valence-electron chi connectivity index (χ3n) is 8.33. The quantitative estimate of drug-likeness (QED) is 0.141. The summed E-state index contributed by atoms with van der Waals surface area (Å²) in [5.41, 5.74) is -6.49. The summed E-state index contributed by atoms with van der Waals surface area (Å²) in [5, 5.41) is 0. The van der Waals surface area contributed by atoms with E-state index in [1.807, 2.05) is 13.8 Å². The minimum atomic E-state index is -5.11. The van der Waals surface area contributed by atoms with Crippen LogP contribution in [0.5, 0.6) is 0 Å². The molecule has 4 atom stereocenters. The molecular formula is C33H38F6O6. The van der Waals surface area contributed by atoms with E-state index >= 15 is 0 Å². The van der Waals surface area contributed by atoms with Gasteiger partial charge < -0.3 is 18.9 Å². The summed E-state index contributed by atoms with van der Waals surface area (Å²) >= 11 is 0. The number of hydrogen-bond acceptors (Lipinski definition) is 6. The van der Waals surface area contributed by atoms with E-state index in [9.17, 15) is 35.9 Å². The minimum absolute atomic E-state index is 0.139. The van der Waals surface area contributed by atoms with Crippen LogP contribution in [0.1, 0.15) is 64.5 Å². The third kappa shape index (κ3) is 7.06. The van der Waals surface area contributed by atoms with Crippen molar-refractivity contribution in [2.45, 2.75) is 89.1 Å². The number of carbonyl (C=O) groups excluding carboxylic acids is 2. The second-order valence-corrected chi connectivity index (χ2v) is 11.8. The Labute approximate surface area is 258 Å². The van der Waals surface area contributed by atoms with Crippen molar-refractivity contribution in [3.8, 4) is 0 Å². The van der Waals surface area contributed by atoms with Crippen LogP contribution in [0.15, 0.2) is 71.8 Å². The first-order chi connectivity index (χ1) is 20.9. The van der Waals surface area contributed by atoms with Crippen molar-refractivity contribution < 1.29 is 54.9 Å². The van der Waals surface area contributed by atoms with E-state index < -0.39 is 64.2 Å². The van der Waals surface area contributed by atoms with Crippen LogP contribution in [0.2, 0.25) is 0 Å². The molecule has 2 aromatic rings. The molecule has 1 aliphatic rings. The number of benzene rings is 2. The first-order valence-electron chi connectivity index (χ1n) is 14.3. The van der Waals surface area contributed by atoms with E-state index in [1.54, 1.807) is 6.92 Å². The first kappa shape index (κ1) is 36.1. The van der Waals surface area contributed by atoms with Crippen molar-refractivity contribution in [1.29, 1.82) is 0 Å². The molecule has 0 heterocycles. The van der Waals surface area contributed by atoms with Crippen molar-refractivity contribution in [2.75, 3.05) is 14.2 Å². The average Bonchev–Trinajstić information content (AvgIpc) is 2.93. The predicted octanol–water partition coefficient (Wildman–Crippen LogP) is 7.96. The summed E-state index contributed by atoms with van der Waals surface area (Å²) in [7, 11) is 1.59. The molecule has 0 N–H and O–H groups in total. The van der Waals surface area contributed by atoms with Crippen molar-refractivity contribution in [1.82, 2.24) is 0 Å². The third-order valence-corrected chi connectivity index (χ3v) is 8.33. The van der Waals surface area contributed by atoms with Crippen LogP contribution in [-0.4, -0.2) is 50.7 Å². The molecule has 0 saturated carbocycles. The highest BCUT2D eigenvalue weighted by atomic mass is 19.4. The summed E-state index contributed by atoms with van der Waals surface area (Å²) in [5.74, 6) is -3.17. The SMILES string of the molecule is CO[C@@](C(=O)O[C@@H]1CC(C)=C(CC[C@@H](C)OC(=O)[C@](OC)(c2ccccc2)C(F)(F)F)C(C)(C)C1)(c1ccccc1)C(F)(F)F. The average molecular weight is 645 g/mol. The molecule has 3 rings (SSSR count). The Bertz CT molecular complexity index is 1360. The van der Waals surface area contributed by atoms with Crippen LogP contribution >= 0.6 is 0 Å². The van der Waals surface area contributed by atoms with E-state index in [0.717, 1.165) is 49.6 Å². The highest BCUT2D eigenvalue weighted by Crippen LogP contribution is 2.47. The van der Waals surface area contributed by atoms with Gasteiger partial charge >= 0.3 is 24.3 Å². The maximum Gasteiger partial charge on any atom is 0.432 e. The number of rotatable bonds is 11.